The molecule has 0 spiro atoms. The molecule has 0 heterocycles. The zero-order valence-corrected chi connectivity index (χ0v) is 16.8. The summed E-state index contributed by atoms with van der Waals surface area (Å²) in [4.78, 5) is 12.1. The summed E-state index contributed by atoms with van der Waals surface area (Å²) < 4.78 is 0. The number of hydrogen-bond donors (Lipinski definition) is 2. The average Bonchev–Trinajstić information content (AvgIpc) is 2.75. The van der Waals surface area contributed by atoms with E-state index in [-0.39, 0.29) is 0 Å². The van der Waals surface area contributed by atoms with Gasteiger partial charge in [-0.15, -0.1) is 11.8 Å². The van der Waals surface area contributed by atoms with Gasteiger partial charge in [-0.05, 0) is 48.1 Å². The van der Waals surface area contributed by atoms with Gasteiger partial charge in [0, 0.05) is 23.4 Å². The van der Waals surface area contributed by atoms with Gasteiger partial charge in [-0.25, -0.2) is 0 Å². The van der Waals surface area contributed by atoms with Gasteiger partial charge < -0.3 is 10.4 Å². The first kappa shape index (κ1) is 21.3. The van der Waals surface area contributed by atoms with Crippen LogP contribution in [0.2, 0.25) is 0 Å². The molecule has 0 aliphatic heterocycles. The van der Waals surface area contributed by atoms with E-state index in [0.29, 0.717) is 5.92 Å². The third-order valence-corrected chi connectivity index (χ3v) is 5.75. The third kappa shape index (κ3) is 7.24. The van der Waals surface area contributed by atoms with Gasteiger partial charge in [-0.3, -0.25) is 4.79 Å². The number of aliphatic hydroxyl groups is 1. The van der Waals surface area contributed by atoms with E-state index in [0.717, 1.165) is 30.5 Å². The largest absolute Gasteiger partial charge is 0.400 e. The number of allylic oxidation sites excluding steroid dienone is 1. The minimum absolute atomic E-state index is 0.679. The molecule has 144 valence electrons. The van der Waals surface area contributed by atoms with Crippen molar-refractivity contribution >= 4 is 29.9 Å². The molecule has 0 saturated heterocycles. The Balaban J connectivity index is 0.00000126. The van der Waals surface area contributed by atoms with Gasteiger partial charge in [0.25, 0.3) is 0 Å². The Morgan fingerprint density at radius 3 is 2.52 bits per heavy atom. The highest BCUT2D eigenvalue weighted by Gasteiger charge is 2.10. The lowest BCUT2D eigenvalue weighted by Gasteiger charge is -2.18. The summed E-state index contributed by atoms with van der Waals surface area (Å²) in [5, 5.41) is 9.82. The SMILES string of the molecule is CO.O=CNc1ccc(SCc2ccccc2)cc1/C=C\C1CCCCC1. The molecule has 1 aliphatic rings. The van der Waals surface area contributed by atoms with Crippen molar-refractivity contribution in [1.82, 2.24) is 0 Å². The predicted molar refractivity (Wildman–Crippen MR) is 116 cm³/mol. The highest BCUT2D eigenvalue weighted by Crippen LogP contribution is 2.30. The Kier molecular flexibility index (Phi) is 9.74. The Labute approximate surface area is 166 Å². The number of rotatable bonds is 7. The molecule has 2 aromatic carbocycles. The summed E-state index contributed by atoms with van der Waals surface area (Å²) in [5.74, 6) is 1.63. The van der Waals surface area contributed by atoms with E-state index in [1.54, 1.807) is 0 Å². The molecule has 0 aromatic heterocycles. The highest BCUT2D eigenvalue weighted by molar-refractivity contribution is 7.98. The second-order valence-corrected chi connectivity index (χ2v) is 7.59. The fourth-order valence-electron chi connectivity index (χ4n) is 3.27. The summed E-state index contributed by atoms with van der Waals surface area (Å²) >= 11 is 1.83. The van der Waals surface area contributed by atoms with E-state index in [4.69, 9.17) is 5.11 Å². The van der Waals surface area contributed by atoms with Gasteiger partial charge in [-0.2, -0.15) is 0 Å². The standard InChI is InChI=1S/C22H25NOS.CH4O/c24-17-23-22-14-13-21(25-16-19-9-5-2-6-10-19)15-20(22)12-11-18-7-3-1-4-8-18;1-2/h2,5-6,9-15,17-18H,1,3-4,7-8,16H2,(H,23,24);2H,1H3/b12-11-;. The predicted octanol–water partition coefficient (Wildman–Crippen LogP) is 5.75. The van der Waals surface area contributed by atoms with Crippen LogP contribution in [0.25, 0.3) is 6.08 Å². The first-order valence-corrected chi connectivity index (χ1v) is 10.5. The number of carbonyl (C=O) groups is 1. The number of anilines is 1. The van der Waals surface area contributed by atoms with E-state index in [2.05, 4.69) is 53.9 Å². The minimum Gasteiger partial charge on any atom is -0.400 e. The van der Waals surface area contributed by atoms with Crippen molar-refractivity contribution in [1.29, 1.82) is 0 Å². The zero-order chi connectivity index (χ0) is 19.3. The van der Waals surface area contributed by atoms with Crippen molar-refractivity contribution < 1.29 is 9.90 Å². The molecule has 3 rings (SSSR count). The number of carbonyl (C=O) groups excluding carboxylic acids is 1. The molecule has 3 nitrogen and oxygen atoms in total. The third-order valence-electron chi connectivity index (χ3n) is 4.68. The van der Waals surface area contributed by atoms with Crippen LogP contribution >= 0.6 is 11.8 Å². The van der Waals surface area contributed by atoms with Crippen LogP contribution < -0.4 is 5.32 Å². The molecular weight excluding hydrogens is 354 g/mol. The van der Waals surface area contributed by atoms with Crippen LogP contribution in [0, 0.1) is 5.92 Å². The van der Waals surface area contributed by atoms with Crippen molar-refractivity contribution in [3.05, 3.63) is 65.7 Å². The summed E-state index contributed by atoms with van der Waals surface area (Å²) in [6.45, 7) is 0. The van der Waals surface area contributed by atoms with Gasteiger partial charge in [-0.1, -0.05) is 61.7 Å². The van der Waals surface area contributed by atoms with Crippen molar-refractivity contribution in [2.75, 3.05) is 12.4 Å². The molecule has 1 amide bonds. The normalized spacial score (nSPS) is 14.4. The lowest BCUT2D eigenvalue weighted by atomic mass is 9.88. The fourth-order valence-corrected chi connectivity index (χ4v) is 4.17. The number of nitrogens with one attached hydrogen (secondary N) is 1. The average molecular weight is 384 g/mol. The molecule has 4 heteroatoms. The summed E-state index contributed by atoms with van der Waals surface area (Å²) in [6.07, 6.45) is 11.9. The van der Waals surface area contributed by atoms with Gasteiger partial charge >= 0.3 is 0 Å². The molecule has 1 aliphatic carbocycles. The topological polar surface area (TPSA) is 49.3 Å². The Bertz CT molecular complexity index is 710. The van der Waals surface area contributed by atoms with Crippen LogP contribution in [0.3, 0.4) is 0 Å². The van der Waals surface area contributed by atoms with E-state index in [9.17, 15) is 4.79 Å². The van der Waals surface area contributed by atoms with Crippen molar-refractivity contribution in [2.45, 2.75) is 42.8 Å². The lowest BCUT2D eigenvalue weighted by Crippen LogP contribution is -2.02. The first-order valence-electron chi connectivity index (χ1n) is 9.49. The maximum atomic E-state index is 10.9. The fraction of sp³-hybridized carbons (Fsp3) is 0.348. The van der Waals surface area contributed by atoms with Crippen LogP contribution in [0.15, 0.2) is 59.5 Å². The smallest absolute Gasteiger partial charge is 0.211 e. The Morgan fingerprint density at radius 2 is 1.81 bits per heavy atom. The van der Waals surface area contributed by atoms with Gasteiger partial charge in [0.2, 0.25) is 6.41 Å². The van der Waals surface area contributed by atoms with Crippen molar-refractivity contribution in [3.63, 3.8) is 0 Å². The molecule has 0 atom stereocenters. The Morgan fingerprint density at radius 1 is 1.07 bits per heavy atom. The minimum atomic E-state index is 0.679. The summed E-state index contributed by atoms with van der Waals surface area (Å²) in [5.41, 5.74) is 3.30. The summed E-state index contributed by atoms with van der Waals surface area (Å²) in [7, 11) is 1.00. The van der Waals surface area contributed by atoms with Gasteiger partial charge in [0.1, 0.15) is 0 Å². The molecule has 0 unspecified atom stereocenters. The maximum Gasteiger partial charge on any atom is 0.211 e. The lowest BCUT2D eigenvalue weighted by molar-refractivity contribution is -0.105. The number of aliphatic hydroxyl groups excluding tert-OH is 1. The van der Waals surface area contributed by atoms with Crippen LogP contribution in [-0.2, 0) is 10.5 Å². The maximum absolute atomic E-state index is 10.9. The van der Waals surface area contributed by atoms with E-state index in [1.165, 1.54) is 42.6 Å². The molecule has 27 heavy (non-hydrogen) atoms. The van der Waals surface area contributed by atoms with Crippen LogP contribution in [0.1, 0.15) is 43.2 Å². The van der Waals surface area contributed by atoms with Gasteiger partial charge in [0.05, 0.1) is 0 Å². The molecule has 1 saturated carbocycles. The molecule has 0 radical (unpaired) electrons. The van der Waals surface area contributed by atoms with Crippen molar-refractivity contribution in [2.24, 2.45) is 5.92 Å². The molecule has 2 aromatic rings. The quantitative estimate of drug-likeness (QED) is 0.473. The second-order valence-electron chi connectivity index (χ2n) is 6.54. The van der Waals surface area contributed by atoms with E-state index >= 15 is 0 Å². The molecule has 0 bridgehead atoms. The van der Waals surface area contributed by atoms with Crippen LogP contribution in [0.4, 0.5) is 5.69 Å². The molecular formula is C23H29NO2S. The first-order chi connectivity index (χ1) is 13.3. The van der Waals surface area contributed by atoms with Crippen molar-refractivity contribution in [3.8, 4) is 0 Å². The highest BCUT2D eigenvalue weighted by atomic mass is 32.2. The molecule has 2 N–H and O–H groups in total. The number of thioether (sulfide) groups is 1. The number of amides is 1. The second kappa shape index (κ2) is 12.4. The van der Waals surface area contributed by atoms with E-state index < -0.39 is 0 Å². The molecule has 1 fully saturated rings. The number of hydrogen-bond acceptors (Lipinski definition) is 3. The van der Waals surface area contributed by atoms with Crippen LogP contribution in [0.5, 0.6) is 0 Å². The zero-order valence-electron chi connectivity index (χ0n) is 15.9. The number of benzene rings is 2. The monoisotopic (exact) mass is 383 g/mol. The van der Waals surface area contributed by atoms with E-state index in [1.807, 2.05) is 23.9 Å². The van der Waals surface area contributed by atoms with Crippen LogP contribution in [-0.4, -0.2) is 18.6 Å². The van der Waals surface area contributed by atoms with Gasteiger partial charge in [0.15, 0.2) is 0 Å². The summed E-state index contributed by atoms with van der Waals surface area (Å²) in [6, 6.07) is 16.8. The Hall–Kier alpha value is -2.04.